The summed E-state index contributed by atoms with van der Waals surface area (Å²) in [5.74, 6) is -2.93. The van der Waals surface area contributed by atoms with Crippen LogP contribution in [-0.4, -0.2) is 75.5 Å². The number of halogens is 4. The van der Waals surface area contributed by atoms with Crippen LogP contribution in [0.1, 0.15) is 65.2 Å². The van der Waals surface area contributed by atoms with E-state index < -0.39 is 60.7 Å². The quantitative estimate of drug-likeness (QED) is 0.201. The Morgan fingerprint density at radius 2 is 1.57 bits per heavy atom. The molecule has 264 valence electrons. The van der Waals surface area contributed by atoms with Gasteiger partial charge >= 0.3 is 5.97 Å². The maximum absolute atomic E-state index is 13.1. The molecule has 3 heterocycles. The minimum Gasteiger partial charge on any atom is -0.481 e. The zero-order valence-electron chi connectivity index (χ0n) is 28.4. The number of allylic oxidation sites excluding steroid dienone is 1. The van der Waals surface area contributed by atoms with Gasteiger partial charge < -0.3 is 14.7 Å². The van der Waals surface area contributed by atoms with Crippen LogP contribution in [0.3, 0.4) is 0 Å². The number of hydrogen-bond donors (Lipinski definition) is 2. The molecular weight excluding hydrogens is 730 g/mol. The molecule has 0 radical (unpaired) electrons. The van der Waals surface area contributed by atoms with E-state index in [0.717, 1.165) is 28.7 Å². The molecule has 2 aromatic rings. The number of carbonyl (C=O) groups is 1. The maximum Gasteiger partial charge on any atom is 0.308 e. The molecule has 6 atom stereocenters. The second kappa shape index (κ2) is 12.4. The molecule has 0 aromatic heterocycles. The fraction of sp³-hybridized carbons (Fsp3) is 0.500. The lowest BCUT2D eigenvalue weighted by molar-refractivity contribution is -0.143. The molecule has 0 saturated heterocycles. The number of nitrogens with zero attached hydrogens (tertiary/aromatic N) is 2. The van der Waals surface area contributed by atoms with Crippen molar-refractivity contribution in [1.82, 2.24) is 4.58 Å². The summed E-state index contributed by atoms with van der Waals surface area (Å²) < 4.78 is 43.5. The first-order valence-electron chi connectivity index (χ1n) is 16.3. The molecule has 8 nitrogen and oxygen atoms in total. The molecular formula is C36H41Cl4N2O6S+. The summed E-state index contributed by atoms with van der Waals surface area (Å²) in [5, 5.41) is 8.14. The average Bonchev–Trinajstić information content (AvgIpc) is 2.98. The fourth-order valence-electron chi connectivity index (χ4n) is 8.50. The summed E-state index contributed by atoms with van der Waals surface area (Å²) in [6, 6.07) is 7.71. The summed E-state index contributed by atoms with van der Waals surface area (Å²) in [7, 11) is -4.41. The van der Waals surface area contributed by atoms with E-state index in [9.17, 15) is 22.9 Å². The minimum absolute atomic E-state index is 0.271. The van der Waals surface area contributed by atoms with Crippen molar-refractivity contribution < 1.29 is 27.6 Å². The molecule has 0 amide bonds. The number of anilines is 1. The number of carboxylic acids is 1. The molecule has 13 heteroatoms. The van der Waals surface area contributed by atoms with Gasteiger partial charge in [0.25, 0.3) is 10.1 Å². The number of hydrogen-bond acceptors (Lipinski definition) is 5. The first kappa shape index (κ1) is 36.5. The van der Waals surface area contributed by atoms with Gasteiger partial charge in [0.05, 0.1) is 44.6 Å². The number of aliphatic carboxylic acids is 1. The van der Waals surface area contributed by atoms with Crippen LogP contribution in [0.5, 0.6) is 11.5 Å². The zero-order chi connectivity index (χ0) is 36.1. The maximum atomic E-state index is 13.1. The van der Waals surface area contributed by atoms with Crippen molar-refractivity contribution in [2.75, 3.05) is 23.7 Å². The first-order valence-corrected chi connectivity index (χ1v) is 19.7. The third-order valence-corrected chi connectivity index (χ3v) is 13.6. The van der Waals surface area contributed by atoms with Crippen LogP contribution in [0.2, 0.25) is 0 Å². The summed E-state index contributed by atoms with van der Waals surface area (Å²) in [6.45, 7) is 15.7. The first-order chi connectivity index (χ1) is 22.7. The third kappa shape index (κ3) is 6.00. The summed E-state index contributed by atoms with van der Waals surface area (Å²) >= 11 is 27.4. The van der Waals surface area contributed by atoms with Gasteiger partial charge in [-0.3, -0.25) is 9.35 Å². The number of rotatable bonds is 6. The molecule has 4 aliphatic rings. The zero-order valence-corrected chi connectivity index (χ0v) is 32.2. The van der Waals surface area contributed by atoms with Crippen LogP contribution in [0.15, 0.2) is 36.4 Å². The van der Waals surface area contributed by atoms with E-state index in [2.05, 4.69) is 36.3 Å². The number of likely N-dealkylation sites (N-methyl/N-ethyl adjacent to an activating group) is 2. The number of ether oxygens (including phenoxy) is 1. The predicted octanol–water partition coefficient (Wildman–Crippen LogP) is 6.35. The Labute approximate surface area is 307 Å². The average molecular weight is 772 g/mol. The highest BCUT2D eigenvalue weighted by Gasteiger charge is 2.54. The van der Waals surface area contributed by atoms with Crippen molar-refractivity contribution in [3.8, 4) is 11.5 Å². The predicted molar refractivity (Wildman–Crippen MR) is 199 cm³/mol. The van der Waals surface area contributed by atoms with Crippen molar-refractivity contribution in [2.45, 2.75) is 81.1 Å². The Morgan fingerprint density at radius 3 is 2.16 bits per heavy atom. The van der Waals surface area contributed by atoms with Crippen LogP contribution >= 0.6 is 46.4 Å². The lowest BCUT2D eigenvalue weighted by Gasteiger charge is -2.45. The van der Waals surface area contributed by atoms with Crippen molar-refractivity contribution in [3.63, 3.8) is 0 Å². The van der Waals surface area contributed by atoms with Gasteiger partial charge in [-0.25, -0.2) is 4.58 Å². The minimum atomic E-state index is -4.41. The van der Waals surface area contributed by atoms with Crippen LogP contribution in [0.4, 0.5) is 5.69 Å². The van der Waals surface area contributed by atoms with Crippen LogP contribution < -0.4 is 24.8 Å². The van der Waals surface area contributed by atoms with Crippen LogP contribution in [0, 0.1) is 11.8 Å². The van der Waals surface area contributed by atoms with Crippen molar-refractivity contribution in [2.24, 2.45) is 11.8 Å². The highest BCUT2D eigenvalue weighted by molar-refractivity contribution is 7.86. The van der Waals surface area contributed by atoms with Crippen LogP contribution in [0.25, 0.3) is 16.7 Å². The third-order valence-electron chi connectivity index (χ3n) is 10.4. The smallest absolute Gasteiger partial charge is 0.308 e. The molecule has 2 N–H and O–H groups in total. The number of benzene rings is 2. The van der Waals surface area contributed by atoms with Crippen molar-refractivity contribution in [3.05, 3.63) is 63.7 Å². The van der Waals surface area contributed by atoms with E-state index in [4.69, 9.17) is 51.1 Å². The van der Waals surface area contributed by atoms with E-state index in [1.165, 1.54) is 0 Å². The topological polar surface area (TPSA) is 107 Å². The Morgan fingerprint density at radius 1 is 0.918 bits per heavy atom. The summed E-state index contributed by atoms with van der Waals surface area (Å²) in [6.07, 6.45) is 4.05. The van der Waals surface area contributed by atoms with Gasteiger partial charge in [0, 0.05) is 54.4 Å². The molecule has 1 saturated carbocycles. The standard InChI is InChI=1S/C36H40Cl4N2O6S/c1-8-41-23-12-25-21(10-19(23)17(3)14-35(41,4)5)27(28-29(34(43)44)31(38)33(40)32(39)30(28)37)22-11-20-18(16-49(45,46)47)15-36(6,7)42(9-2)24(20)13-26(22)48-25/h10-15,28-33H,8-9,16H2,1-7H3,(H-,43,44,45,46,47)/p+1. The summed E-state index contributed by atoms with van der Waals surface area (Å²) in [5.41, 5.74) is 4.33. The lowest BCUT2D eigenvalue weighted by atomic mass is 9.70. The molecule has 0 bridgehead atoms. The van der Waals surface area contributed by atoms with Gasteiger partial charge in [-0.1, -0.05) is 6.08 Å². The molecule has 1 aliphatic carbocycles. The van der Waals surface area contributed by atoms with E-state index in [1.54, 1.807) is 0 Å². The van der Waals surface area contributed by atoms with Crippen molar-refractivity contribution >= 4 is 84.9 Å². The molecule has 1 fully saturated rings. The summed E-state index contributed by atoms with van der Waals surface area (Å²) in [4.78, 5) is 15.4. The van der Waals surface area contributed by atoms with Gasteiger partial charge in [0.2, 0.25) is 5.36 Å². The fourth-order valence-corrected chi connectivity index (χ4v) is 10.8. The molecule has 2 aromatic carbocycles. The largest absolute Gasteiger partial charge is 0.481 e. The SMILES string of the molecule is CCN1c2cc3c(cc2C(C)=CC1(C)C)C(C1C(Cl)C(Cl)C(Cl)C(Cl)C1C(=O)O)=c1cc2c(cc1O3)=[N+](CC)C(C)(C)C=C2CS(=O)(=O)O. The second-order valence-electron chi connectivity index (χ2n) is 14.4. The van der Waals surface area contributed by atoms with E-state index in [-0.39, 0.29) is 5.54 Å². The van der Waals surface area contributed by atoms with Gasteiger partial charge in [0.15, 0.2) is 5.54 Å². The van der Waals surface area contributed by atoms with Gasteiger partial charge in [0.1, 0.15) is 23.8 Å². The molecule has 49 heavy (non-hydrogen) atoms. The number of fused-ring (bicyclic) bond motifs is 4. The van der Waals surface area contributed by atoms with E-state index in [1.807, 2.05) is 58.0 Å². The highest BCUT2D eigenvalue weighted by atomic mass is 35.5. The van der Waals surface area contributed by atoms with Gasteiger partial charge in [-0.05, 0) is 69.5 Å². The Kier molecular flexibility index (Phi) is 9.28. The van der Waals surface area contributed by atoms with Gasteiger partial charge in [-0.2, -0.15) is 8.42 Å². The van der Waals surface area contributed by atoms with E-state index >= 15 is 0 Å². The monoisotopic (exact) mass is 769 g/mol. The lowest BCUT2D eigenvalue weighted by Crippen LogP contribution is -2.54. The van der Waals surface area contributed by atoms with Crippen LogP contribution in [-0.2, 0) is 14.9 Å². The normalized spacial score (nSPS) is 28.4. The van der Waals surface area contributed by atoms with E-state index in [0.29, 0.717) is 45.5 Å². The molecule has 6 unspecified atom stereocenters. The Hall–Kier alpha value is -2.27. The number of carboxylic acid groups (broad SMARTS) is 1. The molecule has 6 rings (SSSR count). The Balaban J connectivity index is 1.77. The van der Waals surface area contributed by atoms with Gasteiger partial charge in [-0.15, -0.1) is 46.4 Å². The number of alkyl halides is 4. The Bertz CT molecular complexity index is 2080. The molecule has 0 spiro atoms. The highest BCUT2D eigenvalue weighted by Crippen LogP contribution is 2.52. The second-order valence-corrected chi connectivity index (χ2v) is 17.9. The van der Waals surface area contributed by atoms with Crippen molar-refractivity contribution in [1.29, 1.82) is 0 Å². The molecule has 3 aliphatic heterocycles.